The van der Waals surface area contributed by atoms with Crippen molar-refractivity contribution < 1.29 is 19.1 Å². The first-order valence-electron chi connectivity index (χ1n) is 6.83. The quantitative estimate of drug-likeness (QED) is 0.830. The molecule has 1 unspecified atom stereocenters. The summed E-state index contributed by atoms with van der Waals surface area (Å²) >= 11 is 3.26. The van der Waals surface area contributed by atoms with E-state index >= 15 is 0 Å². The fraction of sp³-hybridized carbons (Fsp3) is 0.643. The molecule has 0 amide bonds. The molecule has 5 nitrogen and oxygen atoms in total. The third-order valence-electron chi connectivity index (χ3n) is 3.69. The number of aliphatic hydroxyl groups excluding tert-OH is 1. The molecule has 1 saturated heterocycles. The number of ether oxygens (including phenoxy) is 1. The number of carbonyl (C=O) groups excluding carboxylic acids is 1. The van der Waals surface area contributed by atoms with Crippen LogP contribution in [0.15, 0.2) is 15.2 Å². The van der Waals surface area contributed by atoms with Crippen LogP contribution in [0.4, 0.5) is 0 Å². The predicted molar refractivity (Wildman–Crippen MR) is 77.5 cm³/mol. The number of esters is 1. The molecule has 0 saturated carbocycles. The third kappa shape index (κ3) is 3.84. The van der Waals surface area contributed by atoms with E-state index in [-0.39, 0.29) is 12.6 Å². The first kappa shape index (κ1) is 15.5. The second-order valence-electron chi connectivity index (χ2n) is 5.13. The van der Waals surface area contributed by atoms with Crippen molar-refractivity contribution in [2.75, 3.05) is 26.8 Å². The highest BCUT2D eigenvalue weighted by molar-refractivity contribution is 9.10. The van der Waals surface area contributed by atoms with Crippen molar-refractivity contribution in [1.29, 1.82) is 0 Å². The molecule has 112 valence electrons. The van der Waals surface area contributed by atoms with Crippen molar-refractivity contribution in [3.8, 4) is 0 Å². The highest BCUT2D eigenvalue weighted by atomic mass is 79.9. The SMILES string of the molecule is COC(=O)c1cc(Br)oc1CN1CCCC(CCO)C1. The number of nitrogens with zero attached hydrogens (tertiary/aromatic N) is 1. The summed E-state index contributed by atoms with van der Waals surface area (Å²) in [7, 11) is 1.37. The standard InChI is InChI=1S/C14H20BrNO4/c1-19-14(18)11-7-13(15)20-12(11)9-16-5-2-3-10(8-16)4-6-17/h7,10,17H,2-6,8-9H2,1H3. The molecule has 2 rings (SSSR count). The molecule has 1 aliphatic rings. The van der Waals surface area contributed by atoms with Crippen LogP contribution in [-0.4, -0.2) is 42.8 Å². The second-order valence-corrected chi connectivity index (χ2v) is 5.92. The van der Waals surface area contributed by atoms with E-state index in [1.807, 2.05) is 0 Å². The molecule has 1 fully saturated rings. The van der Waals surface area contributed by atoms with Crippen LogP contribution in [0.1, 0.15) is 35.4 Å². The van der Waals surface area contributed by atoms with E-state index in [0.717, 1.165) is 32.4 Å². The molecule has 0 spiro atoms. The van der Waals surface area contributed by atoms with Crippen LogP contribution in [-0.2, 0) is 11.3 Å². The molecule has 6 heteroatoms. The van der Waals surface area contributed by atoms with Crippen LogP contribution in [0.5, 0.6) is 0 Å². The van der Waals surface area contributed by atoms with Crippen LogP contribution >= 0.6 is 15.9 Å². The molecule has 0 bridgehead atoms. The van der Waals surface area contributed by atoms with Crippen molar-refractivity contribution in [3.05, 3.63) is 22.1 Å². The highest BCUT2D eigenvalue weighted by Crippen LogP contribution is 2.26. The van der Waals surface area contributed by atoms with Gasteiger partial charge in [-0.05, 0) is 47.7 Å². The van der Waals surface area contributed by atoms with Crippen LogP contribution in [0.2, 0.25) is 0 Å². The smallest absolute Gasteiger partial charge is 0.341 e. The van der Waals surface area contributed by atoms with Crippen LogP contribution in [0, 0.1) is 5.92 Å². The Kier molecular flexibility index (Phi) is 5.63. The summed E-state index contributed by atoms with van der Waals surface area (Å²) in [6.45, 7) is 2.75. The maximum absolute atomic E-state index is 11.7. The summed E-state index contributed by atoms with van der Waals surface area (Å²) in [5.74, 6) is 0.778. The van der Waals surface area contributed by atoms with Crippen molar-refractivity contribution in [2.45, 2.75) is 25.8 Å². The molecular weight excluding hydrogens is 326 g/mol. The van der Waals surface area contributed by atoms with Gasteiger partial charge >= 0.3 is 5.97 Å². The van der Waals surface area contributed by atoms with Gasteiger partial charge in [-0.25, -0.2) is 4.79 Å². The maximum atomic E-state index is 11.7. The minimum Gasteiger partial charge on any atom is -0.465 e. The van der Waals surface area contributed by atoms with Gasteiger partial charge in [0.15, 0.2) is 4.67 Å². The van der Waals surface area contributed by atoms with Gasteiger partial charge in [-0.1, -0.05) is 0 Å². The van der Waals surface area contributed by atoms with Crippen LogP contribution in [0.25, 0.3) is 0 Å². The number of likely N-dealkylation sites (tertiary alicyclic amines) is 1. The molecule has 0 radical (unpaired) electrons. The normalized spacial score (nSPS) is 20.1. The number of hydrogen-bond donors (Lipinski definition) is 1. The summed E-state index contributed by atoms with van der Waals surface area (Å²) in [5, 5.41) is 9.04. The molecule has 20 heavy (non-hydrogen) atoms. The van der Waals surface area contributed by atoms with Gasteiger partial charge in [0.1, 0.15) is 11.3 Å². The van der Waals surface area contributed by atoms with Crippen molar-refractivity contribution in [3.63, 3.8) is 0 Å². The first-order valence-corrected chi connectivity index (χ1v) is 7.63. The van der Waals surface area contributed by atoms with E-state index in [0.29, 0.717) is 28.5 Å². The van der Waals surface area contributed by atoms with E-state index in [9.17, 15) is 4.79 Å². The topological polar surface area (TPSA) is 62.9 Å². The van der Waals surface area contributed by atoms with Gasteiger partial charge in [-0.2, -0.15) is 0 Å². The summed E-state index contributed by atoms with van der Waals surface area (Å²) in [6, 6.07) is 1.65. The minimum atomic E-state index is -0.377. The molecule has 1 atom stereocenters. The van der Waals surface area contributed by atoms with Gasteiger partial charge in [-0.3, -0.25) is 4.90 Å². The molecule has 0 aliphatic carbocycles. The summed E-state index contributed by atoms with van der Waals surface area (Å²) in [6.07, 6.45) is 3.10. The number of carbonyl (C=O) groups is 1. The molecular formula is C14H20BrNO4. The first-order chi connectivity index (χ1) is 9.63. The summed E-state index contributed by atoms with van der Waals surface area (Å²) in [4.78, 5) is 14.0. The predicted octanol–water partition coefficient (Wildman–Crippen LogP) is 2.42. The Labute approximate surface area is 127 Å². The van der Waals surface area contributed by atoms with Gasteiger partial charge in [0.2, 0.25) is 0 Å². The molecule has 0 aromatic carbocycles. The zero-order valence-electron chi connectivity index (χ0n) is 11.6. The average molecular weight is 346 g/mol. The zero-order chi connectivity index (χ0) is 14.5. The van der Waals surface area contributed by atoms with E-state index < -0.39 is 0 Å². The lowest BCUT2D eigenvalue weighted by molar-refractivity contribution is 0.0594. The Hall–Kier alpha value is -0.850. The number of aliphatic hydroxyl groups is 1. The van der Waals surface area contributed by atoms with Crippen molar-refractivity contribution in [1.82, 2.24) is 4.90 Å². The van der Waals surface area contributed by atoms with E-state index in [1.165, 1.54) is 7.11 Å². The average Bonchev–Trinajstić information content (AvgIpc) is 2.79. The molecule has 1 aromatic rings. The fourth-order valence-electron chi connectivity index (χ4n) is 2.71. The molecule has 2 heterocycles. The van der Waals surface area contributed by atoms with Crippen molar-refractivity contribution in [2.24, 2.45) is 5.92 Å². The molecule has 1 N–H and O–H groups in total. The second kappa shape index (κ2) is 7.24. The number of methoxy groups -OCH3 is 1. The lowest BCUT2D eigenvalue weighted by Gasteiger charge is -2.31. The lowest BCUT2D eigenvalue weighted by atomic mass is 9.95. The van der Waals surface area contributed by atoms with E-state index in [4.69, 9.17) is 14.3 Å². The lowest BCUT2D eigenvalue weighted by Crippen LogP contribution is -2.35. The van der Waals surface area contributed by atoms with Gasteiger partial charge in [0.25, 0.3) is 0 Å². The Morgan fingerprint density at radius 2 is 2.45 bits per heavy atom. The Bertz CT molecular complexity index is 458. The number of piperidine rings is 1. The fourth-order valence-corrected chi connectivity index (χ4v) is 3.14. The number of rotatable bonds is 5. The van der Waals surface area contributed by atoms with Gasteiger partial charge in [-0.15, -0.1) is 0 Å². The van der Waals surface area contributed by atoms with Gasteiger partial charge < -0.3 is 14.3 Å². The molecule has 1 aromatic heterocycles. The van der Waals surface area contributed by atoms with E-state index in [1.54, 1.807) is 6.07 Å². The monoisotopic (exact) mass is 345 g/mol. The zero-order valence-corrected chi connectivity index (χ0v) is 13.2. The third-order valence-corrected chi connectivity index (χ3v) is 4.08. The minimum absolute atomic E-state index is 0.234. The Morgan fingerprint density at radius 1 is 1.65 bits per heavy atom. The number of halogens is 1. The highest BCUT2D eigenvalue weighted by Gasteiger charge is 2.24. The molecule has 1 aliphatic heterocycles. The van der Waals surface area contributed by atoms with Crippen LogP contribution in [0.3, 0.4) is 0 Å². The van der Waals surface area contributed by atoms with E-state index in [2.05, 4.69) is 20.8 Å². The summed E-state index contributed by atoms with van der Waals surface area (Å²) < 4.78 is 10.9. The van der Waals surface area contributed by atoms with Gasteiger partial charge in [0.05, 0.1) is 13.7 Å². The van der Waals surface area contributed by atoms with Crippen LogP contribution < -0.4 is 0 Å². The summed E-state index contributed by atoms with van der Waals surface area (Å²) in [5.41, 5.74) is 0.476. The Morgan fingerprint density at radius 3 is 3.15 bits per heavy atom. The number of hydrogen-bond acceptors (Lipinski definition) is 5. The maximum Gasteiger partial charge on any atom is 0.341 e. The van der Waals surface area contributed by atoms with Crippen molar-refractivity contribution >= 4 is 21.9 Å². The van der Waals surface area contributed by atoms with Gasteiger partial charge in [0, 0.05) is 19.2 Å². The largest absolute Gasteiger partial charge is 0.465 e. The number of furan rings is 1. The Balaban J connectivity index is 2.04.